The van der Waals surface area contributed by atoms with Gasteiger partial charge in [-0.1, -0.05) is 0 Å². The molecule has 0 aliphatic heterocycles. The molecule has 0 amide bonds. The number of likely N-dealkylation sites (N-methyl/N-ethyl adjacent to an activating group) is 1. The van der Waals surface area contributed by atoms with Crippen molar-refractivity contribution >= 4 is 0 Å². The fourth-order valence-corrected chi connectivity index (χ4v) is 3.33. The third-order valence-corrected chi connectivity index (χ3v) is 4.39. The average Bonchev–Trinajstić information content (AvgIpc) is 3.17. The molecule has 1 unspecified atom stereocenters. The molecule has 2 heteroatoms. The van der Waals surface area contributed by atoms with Crippen LogP contribution in [0.5, 0.6) is 0 Å². The molecule has 0 bridgehead atoms. The predicted octanol–water partition coefficient (Wildman–Crippen LogP) is 2.97. The topological polar surface area (TPSA) is 12.5 Å². The van der Waals surface area contributed by atoms with Crippen molar-refractivity contribution in [1.29, 1.82) is 0 Å². The summed E-state index contributed by atoms with van der Waals surface area (Å²) in [6.07, 6.45) is 10.2. The minimum Gasteiger partial charge on any atom is -0.494 e. The molecule has 0 aromatic rings. The molecule has 0 saturated heterocycles. The summed E-state index contributed by atoms with van der Waals surface area (Å²) in [5.41, 5.74) is 1.82. The van der Waals surface area contributed by atoms with Crippen molar-refractivity contribution < 1.29 is 4.74 Å². The predicted molar refractivity (Wildman–Crippen MR) is 69.7 cm³/mol. The molecular formula is C15H23NO. The zero-order valence-electron chi connectivity index (χ0n) is 11.2. The Kier molecular flexibility index (Phi) is 2.58. The van der Waals surface area contributed by atoms with E-state index in [0.29, 0.717) is 0 Å². The highest BCUT2D eigenvalue weighted by Crippen LogP contribution is 2.56. The zero-order valence-corrected chi connectivity index (χ0v) is 11.2. The lowest BCUT2D eigenvalue weighted by Gasteiger charge is -2.38. The van der Waals surface area contributed by atoms with Gasteiger partial charge in [0.2, 0.25) is 0 Å². The fraction of sp³-hybridized carbons (Fsp3) is 0.733. The van der Waals surface area contributed by atoms with Crippen LogP contribution in [0.2, 0.25) is 0 Å². The molecule has 2 saturated carbocycles. The van der Waals surface area contributed by atoms with Gasteiger partial charge in [-0.3, -0.25) is 4.90 Å². The van der Waals surface area contributed by atoms with E-state index in [1.807, 2.05) is 0 Å². The van der Waals surface area contributed by atoms with Gasteiger partial charge in [-0.25, -0.2) is 0 Å². The highest BCUT2D eigenvalue weighted by atomic mass is 16.5. The third kappa shape index (κ3) is 1.74. The van der Waals surface area contributed by atoms with Crippen LogP contribution in [0.15, 0.2) is 23.5 Å². The summed E-state index contributed by atoms with van der Waals surface area (Å²) >= 11 is 0. The Morgan fingerprint density at radius 1 is 1.29 bits per heavy atom. The lowest BCUT2D eigenvalue weighted by Crippen LogP contribution is -2.45. The standard InChI is InChI=1S/C15H23NO/c1-4-17-13-9-14(11-5-6-11)15(10-13,16(2)3)12-7-8-12/h9-12H,4-8H2,1-3H3. The Morgan fingerprint density at radius 3 is 2.47 bits per heavy atom. The van der Waals surface area contributed by atoms with E-state index in [4.69, 9.17) is 4.74 Å². The minimum absolute atomic E-state index is 0.186. The monoisotopic (exact) mass is 233 g/mol. The molecule has 0 radical (unpaired) electrons. The number of hydrogen-bond donors (Lipinski definition) is 0. The highest BCUT2D eigenvalue weighted by molar-refractivity contribution is 5.47. The summed E-state index contributed by atoms with van der Waals surface area (Å²) in [7, 11) is 4.44. The van der Waals surface area contributed by atoms with E-state index in [2.05, 4.69) is 38.1 Å². The second-order valence-electron chi connectivity index (χ2n) is 5.85. The second-order valence-corrected chi connectivity index (χ2v) is 5.85. The molecule has 1 atom stereocenters. The van der Waals surface area contributed by atoms with E-state index in [1.165, 1.54) is 25.7 Å². The molecule has 3 aliphatic carbocycles. The van der Waals surface area contributed by atoms with Crippen LogP contribution in [0, 0.1) is 11.8 Å². The maximum absolute atomic E-state index is 5.75. The van der Waals surface area contributed by atoms with Gasteiger partial charge in [-0.2, -0.15) is 0 Å². The molecule has 94 valence electrons. The van der Waals surface area contributed by atoms with Gasteiger partial charge >= 0.3 is 0 Å². The molecule has 3 aliphatic rings. The van der Waals surface area contributed by atoms with Crippen molar-refractivity contribution in [1.82, 2.24) is 4.90 Å². The van der Waals surface area contributed by atoms with Crippen molar-refractivity contribution in [3.8, 4) is 0 Å². The van der Waals surface area contributed by atoms with Crippen LogP contribution >= 0.6 is 0 Å². The minimum atomic E-state index is 0.186. The van der Waals surface area contributed by atoms with Crippen LogP contribution < -0.4 is 0 Å². The number of ether oxygens (including phenoxy) is 1. The first-order valence-electron chi connectivity index (χ1n) is 6.93. The van der Waals surface area contributed by atoms with E-state index in [-0.39, 0.29) is 5.54 Å². The molecule has 0 heterocycles. The number of nitrogens with zero attached hydrogens (tertiary/aromatic N) is 1. The summed E-state index contributed by atoms with van der Waals surface area (Å²) in [5, 5.41) is 0. The Bertz CT molecular complexity index is 370. The van der Waals surface area contributed by atoms with E-state index in [9.17, 15) is 0 Å². The van der Waals surface area contributed by atoms with E-state index in [0.717, 1.165) is 24.2 Å². The lowest BCUT2D eigenvalue weighted by atomic mass is 9.83. The van der Waals surface area contributed by atoms with Crippen molar-refractivity contribution in [2.24, 2.45) is 11.8 Å². The van der Waals surface area contributed by atoms with Gasteiger partial charge < -0.3 is 4.74 Å². The van der Waals surface area contributed by atoms with Gasteiger partial charge in [0.1, 0.15) is 5.76 Å². The smallest absolute Gasteiger partial charge is 0.117 e. The van der Waals surface area contributed by atoms with E-state index >= 15 is 0 Å². The first-order valence-corrected chi connectivity index (χ1v) is 6.93. The van der Waals surface area contributed by atoms with Crippen molar-refractivity contribution in [2.75, 3.05) is 20.7 Å². The molecule has 0 spiro atoms. The molecule has 17 heavy (non-hydrogen) atoms. The van der Waals surface area contributed by atoms with E-state index < -0.39 is 0 Å². The maximum atomic E-state index is 5.75. The second kappa shape index (κ2) is 3.88. The quantitative estimate of drug-likeness (QED) is 0.724. The van der Waals surface area contributed by atoms with Crippen LogP contribution in [0.25, 0.3) is 0 Å². The molecule has 0 aromatic heterocycles. The maximum Gasteiger partial charge on any atom is 0.117 e. The van der Waals surface area contributed by atoms with Gasteiger partial charge in [0, 0.05) is 0 Å². The molecule has 3 rings (SSSR count). The Hall–Kier alpha value is -0.760. The lowest BCUT2D eigenvalue weighted by molar-refractivity contribution is 0.204. The van der Waals surface area contributed by atoms with Crippen molar-refractivity contribution in [2.45, 2.75) is 38.1 Å². The molecule has 2 fully saturated rings. The van der Waals surface area contributed by atoms with Crippen molar-refractivity contribution in [3.05, 3.63) is 23.5 Å². The zero-order chi connectivity index (χ0) is 12.0. The van der Waals surface area contributed by atoms with Crippen LogP contribution in [-0.2, 0) is 4.74 Å². The largest absolute Gasteiger partial charge is 0.494 e. The van der Waals surface area contributed by atoms with Crippen LogP contribution in [0.4, 0.5) is 0 Å². The van der Waals surface area contributed by atoms with Crippen LogP contribution in [-0.4, -0.2) is 31.1 Å². The first-order chi connectivity index (χ1) is 8.18. The summed E-state index contributed by atoms with van der Waals surface area (Å²) in [6, 6.07) is 0. The van der Waals surface area contributed by atoms with Gasteiger partial charge in [-0.05, 0) is 76.3 Å². The number of hydrogen-bond acceptors (Lipinski definition) is 2. The summed E-state index contributed by atoms with van der Waals surface area (Å²) < 4.78 is 5.75. The fourth-order valence-electron chi connectivity index (χ4n) is 3.33. The van der Waals surface area contributed by atoms with Gasteiger partial charge in [0.25, 0.3) is 0 Å². The normalized spacial score (nSPS) is 32.7. The number of rotatable bonds is 5. The SMILES string of the molecule is CCOC1=CC(C2CC2)(N(C)C)C(C2CC2)=C1. The van der Waals surface area contributed by atoms with Crippen LogP contribution in [0.3, 0.4) is 0 Å². The van der Waals surface area contributed by atoms with Gasteiger partial charge in [0.15, 0.2) is 0 Å². The molecular weight excluding hydrogens is 210 g/mol. The summed E-state index contributed by atoms with van der Waals surface area (Å²) in [4.78, 5) is 2.42. The van der Waals surface area contributed by atoms with Crippen LogP contribution in [0.1, 0.15) is 32.6 Å². The third-order valence-electron chi connectivity index (χ3n) is 4.39. The van der Waals surface area contributed by atoms with Crippen molar-refractivity contribution in [3.63, 3.8) is 0 Å². The summed E-state index contributed by atoms with van der Waals surface area (Å²) in [5.74, 6) is 2.75. The Balaban J connectivity index is 1.96. The number of allylic oxidation sites excluding steroid dienone is 1. The van der Waals surface area contributed by atoms with Gasteiger partial charge in [0.05, 0.1) is 12.1 Å². The highest BCUT2D eigenvalue weighted by Gasteiger charge is 2.53. The molecule has 0 aromatic carbocycles. The first kappa shape index (κ1) is 11.3. The molecule has 0 N–H and O–H groups in total. The Labute approximate surface area is 104 Å². The van der Waals surface area contributed by atoms with Gasteiger partial charge in [-0.15, -0.1) is 0 Å². The average molecular weight is 233 g/mol. The summed E-state index contributed by atoms with van der Waals surface area (Å²) in [6.45, 7) is 2.84. The Morgan fingerprint density at radius 2 is 2.00 bits per heavy atom. The van der Waals surface area contributed by atoms with E-state index in [1.54, 1.807) is 5.57 Å². The molecule has 2 nitrogen and oxygen atoms in total.